The molecule has 6 nitrogen and oxygen atoms in total. The Labute approximate surface area is 133 Å². The number of anilines is 1. The number of hydrogen-bond acceptors (Lipinski definition) is 5. The second-order valence-electron chi connectivity index (χ2n) is 4.91. The molecule has 1 aromatic carbocycles. The molecule has 1 atom stereocenters. The maximum Gasteiger partial charge on any atom is 0.248 e. The van der Waals surface area contributed by atoms with Gasteiger partial charge in [0.2, 0.25) is 16.9 Å². The molecule has 0 bridgehead atoms. The first kappa shape index (κ1) is 16.1. The topological polar surface area (TPSA) is 84.0 Å². The highest BCUT2D eigenvalue weighted by Crippen LogP contribution is 2.26. The number of benzene rings is 1. The van der Waals surface area contributed by atoms with Gasteiger partial charge < -0.3 is 5.32 Å². The molecule has 0 aliphatic carbocycles. The van der Waals surface area contributed by atoms with Crippen molar-refractivity contribution in [2.45, 2.75) is 33.2 Å². The number of carbonyl (C=O) groups is 2. The maximum atomic E-state index is 12.0. The first-order valence-electron chi connectivity index (χ1n) is 7.00. The number of nitrogens with one attached hydrogen (secondary N) is 2. The minimum absolute atomic E-state index is 0.166. The summed E-state index contributed by atoms with van der Waals surface area (Å²) in [5.74, 6) is -0.478. The quantitative estimate of drug-likeness (QED) is 0.886. The number of rotatable bonds is 5. The van der Waals surface area contributed by atoms with E-state index in [1.165, 1.54) is 11.3 Å². The maximum absolute atomic E-state index is 12.0. The van der Waals surface area contributed by atoms with Gasteiger partial charge in [0.1, 0.15) is 11.0 Å². The third kappa shape index (κ3) is 4.11. The lowest BCUT2D eigenvalue weighted by Crippen LogP contribution is -2.41. The van der Waals surface area contributed by atoms with Crippen molar-refractivity contribution in [3.63, 3.8) is 0 Å². The molecule has 2 rings (SSSR count). The Morgan fingerprint density at radius 2 is 2.09 bits per heavy atom. The van der Waals surface area contributed by atoms with E-state index in [1.807, 2.05) is 31.2 Å². The molecule has 116 valence electrons. The van der Waals surface area contributed by atoms with Crippen molar-refractivity contribution in [3.8, 4) is 10.6 Å². The van der Waals surface area contributed by atoms with Gasteiger partial charge in [-0.25, -0.2) is 0 Å². The van der Waals surface area contributed by atoms with Crippen LogP contribution in [0.5, 0.6) is 0 Å². The first-order chi connectivity index (χ1) is 10.5. The zero-order valence-electron chi connectivity index (χ0n) is 12.7. The average molecular weight is 318 g/mol. The van der Waals surface area contributed by atoms with Crippen LogP contribution >= 0.6 is 11.3 Å². The highest BCUT2D eigenvalue weighted by Gasteiger charge is 2.17. The molecule has 0 spiro atoms. The lowest BCUT2D eigenvalue weighted by atomic mass is 10.1. The van der Waals surface area contributed by atoms with Gasteiger partial charge in [-0.05, 0) is 19.9 Å². The van der Waals surface area contributed by atoms with E-state index in [0.29, 0.717) is 11.6 Å². The van der Waals surface area contributed by atoms with E-state index in [2.05, 4.69) is 20.8 Å². The number of aromatic nitrogens is 2. The number of amides is 2. The second kappa shape index (κ2) is 7.13. The van der Waals surface area contributed by atoms with Gasteiger partial charge in [0, 0.05) is 12.0 Å². The van der Waals surface area contributed by atoms with E-state index in [4.69, 9.17) is 0 Å². The number of aryl methyl sites for hydroxylation is 1. The molecule has 2 N–H and O–H groups in total. The fraction of sp³-hybridized carbons (Fsp3) is 0.333. The minimum Gasteiger partial charge on any atom is -0.345 e. The van der Waals surface area contributed by atoms with E-state index in [1.54, 1.807) is 13.8 Å². The van der Waals surface area contributed by atoms with Gasteiger partial charge in [0.15, 0.2) is 0 Å². The number of hydrogen-bond donors (Lipinski definition) is 2. The van der Waals surface area contributed by atoms with Gasteiger partial charge in [0.25, 0.3) is 0 Å². The van der Waals surface area contributed by atoms with Crippen LogP contribution in [0.15, 0.2) is 24.3 Å². The van der Waals surface area contributed by atoms with E-state index in [0.717, 1.165) is 16.1 Å². The minimum atomic E-state index is -0.612. The molecule has 0 aliphatic rings. The van der Waals surface area contributed by atoms with Gasteiger partial charge in [-0.15, -0.1) is 10.2 Å². The largest absolute Gasteiger partial charge is 0.345 e. The number of carbonyl (C=O) groups excluding carboxylic acids is 2. The fourth-order valence-corrected chi connectivity index (χ4v) is 2.53. The summed E-state index contributed by atoms with van der Waals surface area (Å²) in [7, 11) is 0. The normalized spacial score (nSPS) is 11.8. The van der Waals surface area contributed by atoms with Gasteiger partial charge in [-0.3, -0.25) is 14.9 Å². The molecular weight excluding hydrogens is 300 g/mol. The second-order valence-corrected chi connectivity index (χ2v) is 5.89. The van der Waals surface area contributed by atoms with Crippen molar-refractivity contribution in [3.05, 3.63) is 29.8 Å². The predicted molar refractivity (Wildman–Crippen MR) is 86.6 cm³/mol. The van der Waals surface area contributed by atoms with Crippen molar-refractivity contribution in [1.29, 1.82) is 0 Å². The van der Waals surface area contributed by atoms with Crippen LogP contribution in [0.3, 0.4) is 0 Å². The Bertz CT molecular complexity index is 684. The molecule has 0 unspecified atom stereocenters. The Balaban J connectivity index is 2.03. The smallest absolute Gasteiger partial charge is 0.248 e. The molecule has 22 heavy (non-hydrogen) atoms. The van der Waals surface area contributed by atoms with Gasteiger partial charge in [-0.2, -0.15) is 0 Å². The molecule has 1 heterocycles. The van der Waals surface area contributed by atoms with Gasteiger partial charge in [0.05, 0.1) is 0 Å². The Morgan fingerprint density at radius 3 is 2.77 bits per heavy atom. The van der Waals surface area contributed by atoms with E-state index in [-0.39, 0.29) is 11.8 Å². The van der Waals surface area contributed by atoms with Gasteiger partial charge >= 0.3 is 0 Å². The molecule has 0 aliphatic heterocycles. The van der Waals surface area contributed by atoms with Crippen molar-refractivity contribution < 1.29 is 9.59 Å². The molecule has 7 heteroatoms. The summed E-state index contributed by atoms with van der Waals surface area (Å²) >= 11 is 1.30. The van der Waals surface area contributed by atoms with Crippen molar-refractivity contribution >= 4 is 28.3 Å². The van der Waals surface area contributed by atoms with Gasteiger partial charge in [-0.1, -0.05) is 42.0 Å². The summed E-state index contributed by atoms with van der Waals surface area (Å²) in [6.07, 6.45) is 0.341. The Morgan fingerprint density at radius 1 is 1.32 bits per heavy atom. The highest BCUT2D eigenvalue weighted by molar-refractivity contribution is 7.18. The van der Waals surface area contributed by atoms with Crippen LogP contribution in [0.1, 0.15) is 25.8 Å². The van der Waals surface area contributed by atoms with Crippen molar-refractivity contribution in [1.82, 2.24) is 15.5 Å². The third-order valence-electron chi connectivity index (χ3n) is 3.01. The molecule has 0 fully saturated rings. The summed E-state index contributed by atoms with van der Waals surface area (Å²) in [6, 6.07) is 7.30. The predicted octanol–water partition coefficient (Wildman–Crippen LogP) is 2.37. The van der Waals surface area contributed by atoms with E-state index in [9.17, 15) is 9.59 Å². The van der Waals surface area contributed by atoms with Crippen LogP contribution in [0, 0.1) is 6.92 Å². The Hall–Kier alpha value is -2.28. The monoisotopic (exact) mass is 318 g/mol. The first-order valence-corrected chi connectivity index (χ1v) is 7.82. The van der Waals surface area contributed by atoms with Crippen LogP contribution in [-0.2, 0) is 9.59 Å². The lowest BCUT2D eigenvalue weighted by Gasteiger charge is -2.11. The molecule has 0 saturated carbocycles. The van der Waals surface area contributed by atoms with Crippen LogP contribution in [-0.4, -0.2) is 28.1 Å². The summed E-state index contributed by atoms with van der Waals surface area (Å²) in [4.78, 5) is 23.3. The molecule has 0 saturated heterocycles. The lowest BCUT2D eigenvalue weighted by molar-refractivity contribution is -0.125. The average Bonchev–Trinajstić information content (AvgIpc) is 2.95. The Kier molecular flexibility index (Phi) is 5.21. The summed E-state index contributed by atoms with van der Waals surface area (Å²) in [5.41, 5.74) is 2.10. The standard InChI is InChI=1S/C15H18N4O2S/c1-4-12(20)16-10(3)13(21)17-15-19-18-14(22-15)11-7-5-6-9(2)8-11/h5-8,10H,4H2,1-3H3,(H,16,20)(H,17,19,21)/t10-/m1/s1. The summed E-state index contributed by atoms with van der Waals surface area (Å²) in [5, 5.41) is 14.5. The zero-order chi connectivity index (χ0) is 16.1. The van der Waals surface area contributed by atoms with Crippen molar-refractivity contribution in [2.75, 3.05) is 5.32 Å². The highest BCUT2D eigenvalue weighted by atomic mass is 32.1. The van der Waals surface area contributed by atoms with Crippen LogP contribution in [0.4, 0.5) is 5.13 Å². The molecular formula is C15H18N4O2S. The fourth-order valence-electron chi connectivity index (χ4n) is 1.79. The summed E-state index contributed by atoms with van der Waals surface area (Å²) < 4.78 is 0. The molecule has 2 amide bonds. The third-order valence-corrected chi connectivity index (χ3v) is 3.90. The molecule has 2 aromatic rings. The van der Waals surface area contributed by atoms with E-state index < -0.39 is 6.04 Å². The zero-order valence-corrected chi connectivity index (χ0v) is 13.5. The summed E-state index contributed by atoms with van der Waals surface area (Å²) in [6.45, 7) is 5.37. The van der Waals surface area contributed by atoms with Crippen LogP contribution in [0.2, 0.25) is 0 Å². The molecule has 1 aromatic heterocycles. The number of nitrogens with zero attached hydrogens (tertiary/aromatic N) is 2. The van der Waals surface area contributed by atoms with Crippen molar-refractivity contribution in [2.24, 2.45) is 0 Å². The van der Waals surface area contributed by atoms with Crippen LogP contribution in [0.25, 0.3) is 10.6 Å². The molecule has 0 radical (unpaired) electrons. The van der Waals surface area contributed by atoms with Crippen LogP contribution < -0.4 is 10.6 Å². The van der Waals surface area contributed by atoms with E-state index >= 15 is 0 Å². The SMILES string of the molecule is CCC(=O)N[C@H](C)C(=O)Nc1nnc(-c2cccc(C)c2)s1.